The fourth-order valence-corrected chi connectivity index (χ4v) is 2.80. The lowest BCUT2D eigenvalue weighted by Gasteiger charge is -2.25. The fourth-order valence-electron chi connectivity index (χ4n) is 2.80. The number of amides is 1. The van der Waals surface area contributed by atoms with Crippen LogP contribution in [0.2, 0.25) is 0 Å². The third-order valence-electron chi connectivity index (χ3n) is 3.94. The van der Waals surface area contributed by atoms with Gasteiger partial charge in [0.25, 0.3) is 5.91 Å². The van der Waals surface area contributed by atoms with Gasteiger partial charge in [-0.05, 0) is 36.2 Å². The van der Waals surface area contributed by atoms with Gasteiger partial charge in [-0.1, -0.05) is 12.1 Å². The number of β-amino-alcohol motifs (C(OH)–C–C–N with tert-alkyl or cyclic N) is 1. The molecule has 1 aromatic heterocycles. The molecule has 1 saturated heterocycles. The number of aliphatic hydroxyl groups is 1. The van der Waals surface area contributed by atoms with Gasteiger partial charge in [0.05, 0.1) is 12.1 Å². The van der Waals surface area contributed by atoms with E-state index in [9.17, 15) is 14.3 Å². The Morgan fingerprint density at radius 1 is 1.26 bits per heavy atom. The molecule has 6 nitrogen and oxygen atoms in total. The van der Waals surface area contributed by atoms with Crippen LogP contribution in [0.25, 0.3) is 0 Å². The third kappa shape index (κ3) is 3.14. The number of hydrogen-bond acceptors (Lipinski definition) is 5. The minimum absolute atomic E-state index is 0.106. The number of carbonyl (C=O) groups is 1. The molecular weight excluding hydrogens is 299 g/mol. The van der Waals surface area contributed by atoms with Gasteiger partial charge in [-0.2, -0.15) is 0 Å². The standard InChI is InChI=1S/C16H17FN4O2/c1-18-16(23)13-6-7-15(20-19-13)21-9-12(22)8-14(21)10-2-4-11(17)5-3-10/h2-7,12,14,22H,8-9H2,1H3,(H,18,23)/t12-,14-/m1/s1. The van der Waals surface area contributed by atoms with Crippen LogP contribution in [0, 0.1) is 5.82 Å². The first-order valence-corrected chi connectivity index (χ1v) is 7.34. The van der Waals surface area contributed by atoms with Gasteiger partial charge >= 0.3 is 0 Å². The van der Waals surface area contributed by atoms with E-state index in [2.05, 4.69) is 15.5 Å². The van der Waals surface area contributed by atoms with E-state index >= 15 is 0 Å². The van der Waals surface area contributed by atoms with Gasteiger partial charge in [0, 0.05) is 13.6 Å². The second-order valence-corrected chi connectivity index (χ2v) is 5.47. The second kappa shape index (κ2) is 6.29. The molecule has 1 aliphatic heterocycles. The first-order valence-electron chi connectivity index (χ1n) is 7.34. The smallest absolute Gasteiger partial charge is 0.271 e. The van der Waals surface area contributed by atoms with Crippen LogP contribution in [-0.4, -0.2) is 40.9 Å². The minimum atomic E-state index is -0.495. The molecule has 0 radical (unpaired) electrons. The molecule has 1 amide bonds. The molecule has 2 N–H and O–H groups in total. The van der Waals surface area contributed by atoms with Crippen molar-refractivity contribution in [2.45, 2.75) is 18.6 Å². The zero-order valence-electron chi connectivity index (χ0n) is 12.6. The molecule has 0 aliphatic carbocycles. The van der Waals surface area contributed by atoms with Crippen molar-refractivity contribution in [2.75, 3.05) is 18.5 Å². The summed E-state index contributed by atoms with van der Waals surface area (Å²) >= 11 is 0. The van der Waals surface area contributed by atoms with Crippen LogP contribution in [0.1, 0.15) is 28.5 Å². The SMILES string of the molecule is CNC(=O)c1ccc(N2C[C@H](O)C[C@@H]2c2ccc(F)cc2)nn1. The lowest BCUT2D eigenvalue weighted by molar-refractivity contribution is 0.0957. The van der Waals surface area contributed by atoms with Crippen LogP contribution >= 0.6 is 0 Å². The first kappa shape index (κ1) is 15.4. The summed E-state index contributed by atoms with van der Waals surface area (Å²) in [5.41, 5.74) is 1.13. The van der Waals surface area contributed by atoms with Crippen molar-refractivity contribution >= 4 is 11.7 Å². The number of anilines is 1. The summed E-state index contributed by atoms with van der Waals surface area (Å²) in [6.45, 7) is 0.413. The number of rotatable bonds is 3. The number of aromatic nitrogens is 2. The van der Waals surface area contributed by atoms with Crippen molar-refractivity contribution in [3.63, 3.8) is 0 Å². The molecule has 0 spiro atoms. The topological polar surface area (TPSA) is 78.4 Å². The molecule has 1 aliphatic rings. The quantitative estimate of drug-likeness (QED) is 0.892. The van der Waals surface area contributed by atoms with Crippen LogP contribution in [0.15, 0.2) is 36.4 Å². The van der Waals surface area contributed by atoms with Gasteiger partial charge in [-0.25, -0.2) is 4.39 Å². The van der Waals surface area contributed by atoms with Gasteiger partial charge in [0.1, 0.15) is 5.82 Å². The predicted octanol–water partition coefficient (Wildman–Crippen LogP) is 1.29. The largest absolute Gasteiger partial charge is 0.391 e. The molecule has 2 heterocycles. The number of benzene rings is 1. The van der Waals surface area contributed by atoms with E-state index in [-0.39, 0.29) is 23.5 Å². The fraction of sp³-hybridized carbons (Fsp3) is 0.312. The molecule has 1 fully saturated rings. The summed E-state index contributed by atoms with van der Waals surface area (Å²) in [6.07, 6.45) is 0.0373. The molecule has 23 heavy (non-hydrogen) atoms. The Morgan fingerprint density at radius 3 is 2.61 bits per heavy atom. The molecule has 0 unspecified atom stereocenters. The van der Waals surface area contributed by atoms with Gasteiger partial charge in [0.15, 0.2) is 11.5 Å². The van der Waals surface area contributed by atoms with E-state index in [0.29, 0.717) is 18.8 Å². The second-order valence-electron chi connectivity index (χ2n) is 5.47. The molecule has 0 bridgehead atoms. The summed E-state index contributed by atoms with van der Waals surface area (Å²) in [4.78, 5) is 13.4. The zero-order chi connectivity index (χ0) is 16.4. The highest BCUT2D eigenvalue weighted by molar-refractivity contribution is 5.91. The average molecular weight is 316 g/mol. The van der Waals surface area contributed by atoms with Crippen molar-refractivity contribution < 1.29 is 14.3 Å². The number of aliphatic hydroxyl groups excluding tert-OH is 1. The number of hydrogen-bond donors (Lipinski definition) is 2. The highest BCUT2D eigenvalue weighted by Crippen LogP contribution is 2.35. The van der Waals surface area contributed by atoms with E-state index in [1.807, 2.05) is 4.90 Å². The molecule has 120 valence electrons. The van der Waals surface area contributed by atoms with Crippen LogP contribution in [0.3, 0.4) is 0 Å². The molecule has 3 rings (SSSR count). The Morgan fingerprint density at radius 2 is 2.00 bits per heavy atom. The zero-order valence-corrected chi connectivity index (χ0v) is 12.6. The Bertz CT molecular complexity index is 690. The maximum Gasteiger partial charge on any atom is 0.271 e. The monoisotopic (exact) mass is 316 g/mol. The predicted molar refractivity (Wildman–Crippen MR) is 82.5 cm³/mol. The highest BCUT2D eigenvalue weighted by atomic mass is 19.1. The van der Waals surface area contributed by atoms with Crippen LogP contribution in [0.4, 0.5) is 10.2 Å². The lowest BCUT2D eigenvalue weighted by atomic mass is 10.0. The van der Waals surface area contributed by atoms with Crippen molar-refractivity contribution in [3.05, 3.63) is 53.5 Å². The molecular formula is C16H17FN4O2. The minimum Gasteiger partial charge on any atom is -0.391 e. The van der Waals surface area contributed by atoms with Crippen molar-refractivity contribution in [1.29, 1.82) is 0 Å². The Labute approximate surface area is 133 Å². The number of nitrogens with one attached hydrogen (secondary N) is 1. The average Bonchev–Trinajstić information content (AvgIpc) is 2.97. The van der Waals surface area contributed by atoms with E-state index in [0.717, 1.165) is 5.56 Å². The van der Waals surface area contributed by atoms with Crippen molar-refractivity contribution in [1.82, 2.24) is 15.5 Å². The lowest BCUT2D eigenvalue weighted by Crippen LogP contribution is -2.26. The van der Waals surface area contributed by atoms with Gasteiger partial charge in [-0.3, -0.25) is 4.79 Å². The molecule has 1 aromatic carbocycles. The summed E-state index contributed by atoms with van der Waals surface area (Å²) in [5, 5.41) is 20.5. The first-order chi connectivity index (χ1) is 11.1. The molecule has 2 aromatic rings. The van der Waals surface area contributed by atoms with Crippen molar-refractivity contribution in [3.8, 4) is 0 Å². The number of carbonyl (C=O) groups excluding carboxylic acids is 1. The summed E-state index contributed by atoms with van der Waals surface area (Å²) in [5.74, 6) is -0.0299. The van der Waals surface area contributed by atoms with Crippen LogP contribution in [0.5, 0.6) is 0 Å². The van der Waals surface area contributed by atoms with Gasteiger partial charge < -0.3 is 15.3 Å². The van der Waals surface area contributed by atoms with E-state index in [1.54, 1.807) is 24.3 Å². The Balaban J connectivity index is 1.87. The third-order valence-corrected chi connectivity index (χ3v) is 3.94. The maximum absolute atomic E-state index is 13.1. The van der Waals surface area contributed by atoms with E-state index < -0.39 is 6.10 Å². The van der Waals surface area contributed by atoms with Crippen LogP contribution in [-0.2, 0) is 0 Å². The Hall–Kier alpha value is -2.54. The van der Waals surface area contributed by atoms with Gasteiger partial charge in [-0.15, -0.1) is 10.2 Å². The Kier molecular flexibility index (Phi) is 4.20. The summed E-state index contributed by atoms with van der Waals surface area (Å²) in [7, 11) is 1.53. The number of nitrogens with zero attached hydrogens (tertiary/aromatic N) is 3. The van der Waals surface area contributed by atoms with Crippen LogP contribution < -0.4 is 10.2 Å². The maximum atomic E-state index is 13.1. The summed E-state index contributed by atoms with van der Waals surface area (Å²) < 4.78 is 13.1. The summed E-state index contributed by atoms with van der Waals surface area (Å²) in [6, 6.07) is 9.40. The normalized spacial score (nSPS) is 20.6. The molecule has 0 saturated carbocycles. The number of halogens is 1. The van der Waals surface area contributed by atoms with Gasteiger partial charge in [0.2, 0.25) is 0 Å². The van der Waals surface area contributed by atoms with E-state index in [4.69, 9.17) is 0 Å². The van der Waals surface area contributed by atoms with Crippen molar-refractivity contribution in [2.24, 2.45) is 0 Å². The molecule has 2 atom stereocenters. The molecule has 7 heteroatoms. The van der Waals surface area contributed by atoms with E-state index in [1.165, 1.54) is 19.2 Å². The highest BCUT2D eigenvalue weighted by Gasteiger charge is 2.33.